The molecule has 0 amide bonds. The number of aromatic nitrogens is 2. The summed E-state index contributed by atoms with van der Waals surface area (Å²) >= 11 is 1.91. The van der Waals surface area contributed by atoms with Gasteiger partial charge in [0.1, 0.15) is 5.69 Å². The van der Waals surface area contributed by atoms with E-state index in [1.54, 1.807) is 12.4 Å². The van der Waals surface area contributed by atoms with Gasteiger partial charge in [-0.05, 0) is 38.4 Å². The van der Waals surface area contributed by atoms with E-state index in [0.717, 1.165) is 30.1 Å². The Bertz CT molecular complexity index is 515. The molecular weight excluding hydrogens is 270 g/mol. The van der Waals surface area contributed by atoms with Gasteiger partial charge in [-0.25, -0.2) is 0 Å². The molecule has 0 unspecified atom stereocenters. The molecule has 0 aliphatic heterocycles. The van der Waals surface area contributed by atoms with Crippen molar-refractivity contribution in [3.05, 3.63) is 36.4 Å². The van der Waals surface area contributed by atoms with Gasteiger partial charge in [0.15, 0.2) is 5.76 Å². The summed E-state index contributed by atoms with van der Waals surface area (Å²) in [6.45, 7) is 4.10. The summed E-state index contributed by atoms with van der Waals surface area (Å²) in [6.07, 6.45) is 6.89. The lowest BCUT2D eigenvalue weighted by Gasteiger charge is -2.16. The highest BCUT2D eigenvalue weighted by atomic mass is 32.2. The first-order chi connectivity index (χ1) is 9.69. The Hall–Kier alpha value is -1.33. The van der Waals surface area contributed by atoms with Crippen molar-refractivity contribution in [1.29, 1.82) is 0 Å². The summed E-state index contributed by atoms with van der Waals surface area (Å²) in [4.78, 5) is 6.36. The Morgan fingerprint density at radius 3 is 3.00 bits per heavy atom. The average molecular weight is 291 g/mol. The highest BCUT2D eigenvalue weighted by molar-refractivity contribution is 7.99. The minimum atomic E-state index is 0.693. The van der Waals surface area contributed by atoms with Crippen molar-refractivity contribution in [2.24, 2.45) is 0 Å². The Balaban J connectivity index is 1.90. The van der Waals surface area contributed by atoms with Crippen LogP contribution >= 0.6 is 11.8 Å². The first-order valence-electron chi connectivity index (χ1n) is 6.76. The van der Waals surface area contributed by atoms with Crippen molar-refractivity contribution in [1.82, 2.24) is 15.0 Å². The fraction of sp³-hybridized carbons (Fsp3) is 0.467. The largest absolute Gasteiger partial charge is 0.359 e. The predicted octanol–water partition coefficient (Wildman–Crippen LogP) is 3.31. The molecule has 0 N–H and O–H groups in total. The lowest BCUT2D eigenvalue weighted by Crippen LogP contribution is -2.21. The topological polar surface area (TPSA) is 42.2 Å². The maximum Gasteiger partial charge on any atom is 0.151 e. The molecule has 0 aromatic carbocycles. The smallest absolute Gasteiger partial charge is 0.151 e. The third-order valence-electron chi connectivity index (χ3n) is 3.26. The molecule has 4 nitrogen and oxygen atoms in total. The van der Waals surface area contributed by atoms with E-state index in [1.807, 2.05) is 30.0 Å². The molecule has 2 rings (SSSR count). The molecule has 0 aliphatic rings. The summed E-state index contributed by atoms with van der Waals surface area (Å²) in [6, 6.07) is 5.88. The zero-order valence-corrected chi connectivity index (χ0v) is 13.1. The van der Waals surface area contributed by atoms with E-state index in [2.05, 4.69) is 35.3 Å². The van der Waals surface area contributed by atoms with Crippen LogP contribution in [0.1, 0.15) is 19.1 Å². The van der Waals surface area contributed by atoms with Crippen molar-refractivity contribution in [3.63, 3.8) is 0 Å². The molecule has 0 aliphatic carbocycles. The van der Waals surface area contributed by atoms with Crippen LogP contribution in [0, 0.1) is 0 Å². The molecule has 5 heteroatoms. The lowest BCUT2D eigenvalue weighted by atomic mass is 10.2. The van der Waals surface area contributed by atoms with E-state index in [-0.39, 0.29) is 0 Å². The number of thioether (sulfide) groups is 1. The zero-order valence-electron chi connectivity index (χ0n) is 12.2. The highest BCUT2D eigenvalue weighted by Gasteiger charge is 2.09. The highest BCUT2D eigenvalue weighted by Crippen LogP contribution is 2.18. The van der Waals surface area contributed by atoms with Crippen LogP contribution in [0.5, 0.6) is 0 Å². The third kappa shape index (κ3) is 4.35. The normalized spacial score (nSPS) is 12.8. The van der Waals surface area contributed by atoms with Gasteiger partial charge in [-0.3, -0.25) is 9.88 Å². The summed E-state index contributed by atoms with van der Waals surface area (Å²) in [5, 5.41) is 4.80. The average Bonchev–Trinajstić information content (AvgIpc) is 2.94. The number of pyridine rings is 1. The fourth-order valence-electron chi connectivity index (χ4n) is 1.90. The second kappa shape index (κ2) is 7.45. The predicted molar refractivity (Wildman–Crippen MR) is 83.7 cm³/mol. The molecule has 2 aromatic heterocycles. The van der Waals surface area contributed by atoms with E-state index < -0.39 is 0 Å². The molecule has 2 heterocycles. The van der Waals surface area contributed by atoms with Crippen LogP contribution in [0.3, 0.4) is 0 Å². The number of rotatable bonds is 7. The molecule has 0 saturated carbocycles. The SMILES string of the molecule is CS[C@@H](C)CCN(C)Cc1cc(-c2cccnc2)no1. The first-order valence-corrected chi connectivity index (χ1v) is 8.05. The molecule has 0 spiro atoms. The molecule has 20 heavy (non-hydrogen) atoms. The van der Waals surface area contributed by atoms with E-state index in [0.29, 0.717) is 5.25 Å². The van der Waals surface area contributed by atoms with E-state index in [1.165, 1.54) is 6.42 Å². The molecule has 2 aromatic rings. The van der Waals surface area contributed by atoms with Crippen molar-refractivity contribution >= 4 is 11.8 Å². The van der Waals surface area contributed by atoms with E-state index >= 15 is 0 Å². The molecule has 108 valence electrons. The van der Waals surface area contributed by atoms with Gasteiger partial charge in [-0.1, -0.05) is 12.1 Å². The number of hydrogen-bond acceptors (Lipinski definition) is 5. The second-order valence-electron chi connectivity index (χ2n) is 4.99. The molecule has 0 radical (unpaired) electrons. The van der Waals surface area contributed by atoms with Gasteiger partial charge in [0.05, 0.1) is 6.54 Å². The minimum Gasteiger partial charge on any atom is -0.359 e. The van der Waals surface area contributed by atoms with E-state index in [9.17, 15) is 0 Å². The van der Waals surface area contributed by atoms with Gasteiger partial charge in [0.25, 0.3) is 0 Å². The van der Waals surface area contributed by atoms with Crippen LogP contribution in [0.25, 0.3) is 11.3 Å². The summed E-state index contributed by atoms with van der Waals surface area (Å²) < 4.78 is 5.40. The van der Waals surface area contributed by atoms with Gasteiger partial charge in [-0.15, -0.1) is 0 Å². The van der Waals surface area contributed by atoms with Gasteiger partial charge in [0.2, 0.25) is 0 Å². The van der Waals surface area contributed by atoms with Crippen LogP contribution in [-0.2, 0) is 6.54 Å². The van der Waals surface area contributed by atoms with Gasteiger partial charge >= 0.3 is 0 Å². The molecule has 0 bridgehead atoms. The number of nitrogens with zero attached hydrogens (tertiary/aromatic N) is 3. The van der Waals surface area contributed by atoms with Crippen molar-refractivity contribution < 1.29 is 4.52 Å². The maximum absolute atomic E-state index is 5.40. The fourth-order valence-corrected chi connectivity index (χ4v) is 2.24. The maximum atomic E-state index is 5.40. The zero-order chi connectivity index (χ0) is 14.4. The quantitative estimate of drug-likeness (QED) is 0.783. The first kappa shape index (κ1) is 15.1. The monoisotopic (exact) mass is 291 g/mol. The van der Waals surface area contributed by atoms with Gasteiger partial charge in [-0.2, -0.15) is 11.8 Å². The summed E-state index contributed by atoms with van der Waals surface area (Å²) in [5.41, 5.74) is 1.83. The standard InChI is InChI=1S/C15H21N3OS/c1-12(20-3)6-8-18(2)11-14-9-15(17-19-14)13-5-4-7-16-10-13/h4-5,7,9-10,12H,6,8,11H2,1-3H3/t12-/m0/s1. The number of hydrogen-bond donors (Lipinski definition) is 0. The Morgan fingerprint density at radius 1 is 1.45 bits per heavy atom. The second-order valence-corrected chi connectivity index (χ2v) is 6.27. The van der Waals surface area contributed by atoms with Crippen LogP contribution in [0.4, 0.5) is 0 Å². The van der Waals surface area contributed by atoms with Crippen molar-refractivity contribution in [2.45, 2.75) is 25.1 Å². The van der Waals surface area contributed by atoms with Crippen LogP contribution in [0.15, 0.2) is 35.1 Å². The third-order valence-corrected chi connectivity index (χ3v) is 4.30. The molecule has 0 saturated heterocycles. The van der Waals surface area contributed by atoms with E-state index in [4.69, 9.17) is 4.52 Å². The van der Waals surface area contributed by atoms with Crippen LogP contribution < -0.4 is 0 Å². The van der Waals surface area contributed by atoms with Gasteiger partial charge < -0.3 is 4.52 Å². The Kier molecular flexibility index (Phi) is 5.61. The Labute approximate surface area is 124 Å². The Morgan fingerprint density at radius 2 is 2.30 bits per heavy atom. The summed E-state index contributed by atoms with van der Waals surface area (Å²) in [7, 11) is 2.11. The van der Waals surface area contributed by atoms with Crippen LogP contribution in [0.2, 0.25) is 0 Å². The summed E-state index contributed by atoms with van der Waals surface area (Å²) in [5.74, 6) is 0.892. The lowest BCUT2D eigenvalue weighted by molar-refractivity contribution is 0.271. The van der Waals surface area contributed by atoms with Crippen LogP contribution in [-0.4, -0.2) is 40.1 Å². The molecule has 0 fully saturated rings. The molecular formula is C15H21N3OS. The van der Waals surface area contributed by atoms with Crippen molar-refractivity contribution in [2.75, 3.05) is 19.8 Å². The van der Waals surface area contributed by atoms with Crippen molar-refractivity contribution in [3.8, 4) is 11.3 Å². The van der Waals surface area contributed by atoms with Gasteiger partial charge in [0, 0.05) is 29.3 Å². The minimum absolute atomic E-state index is 0.693. The molecule has 1 atom stereocenters.